The molecular weight excluding hydrogens is 382 g/mol. The van der Waals surface area contributed by atoms with Crippen LogP contribution in [0.25, 0.3) is 6.08 Å². The average molecular weight is 408 g/mol. The van der Waals surface area contributed by atoms with Crippen molar-refractivity contribution in [1.82, 2.24) is 10.2 Å². The van der Waals surface area contributed by atoms with Gasteiger partial charge in [0.05, 0.1) is 11.3 Å². The normalized spacial score (nSPS) is 13.9. The minimum atomic E-state index is -0.331. The van der Waals surface area contributed by atoms with E-state index in [1.165, 1.54) is 6.08 Å². The molecule has 0 radical (unpaired) electrons. The molecule has 1 aliphatic heterocycles. The first-order valence-electron chi connectivity index (χ1n) is 9.78. The van der Waals surface area contributed by atoms with Gasteiger partial charge >= 0.3 is 0 Å². The molecule has 1 aliphatic rings. The average Bonchev–Trinajstić information content (AvgIpc) is 2.74. The molecule has 2 amide bonds. The van der Waals surface area contributed by atoms with Crippen LogP contribution in [-0.2, 0) is 4.79 Å². The molecule has 2 aromatic rings. The second-order valence-electron chi connectivity index (χ2n) is 7.09. The number of likely N-dealkylation sites (tertiary alicyclic amines) is 1. The quantitative estimate of drug-likeness (QED) is 0.591. The fourth-order valence-electron chi connectivity index (χ4n) is 3.20. The summed E-state index contributed by atoms with van der Waals surface area (Å²) >= 11 is 5.26. The van der Waals surface area contributed by atoms with Crippen molar-refractivity contribution in [2.45, 2.75) is 26.2 Å². The molecule has 0 atom stereocenters. The standard InChI is InChI=1S/C23H25N3O2S/c1-17-9-11-18(12-10-17)13-14-21(27)25-23(29)24-20-8-4-3-7-19(20)22(28)26-15-5-2-6-16-26/h3-4,7-14H,2,5-6,15-16H2,1H3,(H2,24,25,27,29)/b14-13+. The van der Waals surface area contributed by atoms with Crippen molar-refractivity contribution >= 4 is 40.9 Å². The molecule has 1 saturated heterocycles. The number of nitrogens with zero attached hydrogens (tertiary/aromatic N) is 1. The van der Waals surface area contributed by atoms with Crippen molar-refractivity contribution < 1.29 is 9.59 Å². The van der Waals surface area contributed by atoms with E-state index in [1.54, 1.807) is 18.2 Å². The second-order valence-corrected chi connectivity index (χ2v) is 7.49. The molecule has 3 rings (SSSR count). The van der Waals surface area contributed by atoms with Gasteiger partial charge in [0.2, 0.25) is 5.91 Å². The van der Waals surface area contributed by atoms with Crippen LogP contribution in [0.1, 0.15) is 40.7 Å². The Labute approximate surface area is 176 Å². The van der Waals surface area contributed by atoms with Crippen LogP contribution in [0.3, 0.4) is 0 Å². The number of hydrogen-bond donors (Lipinski definition) is 2. The number of hydrogen-bond acceptors (Lipinski definition) is 3. The maximum Gasteiger partial charge on any atom is 0.255 e. The van der Waals surface area contributed by atoms with Crippen LogP contribution >= 0.6 is 12.2 Å². The van der Waals surface area contributed by atoms with E-state index in [4.69, 9.17) is 12.2 Å². The molecule has 0 aliphatic carbocycles. The summed E-state index contributed by atoms with van der Waals surface area (Å²) in [5.41, 5.74) is 3.24. The van der Waals surface area contributed by atoms with Crippen molar-refractivity contribution in [3.8, 4) is 0 Å². The Morgan fingerprint density at radius 2 is 1.69 bits per heavy atom. The molecule has 1 heterocycles. The van der Waals surface area contributed by atoms with Gasteiger partial charge in [-0.3, -0.25) is 14.9 Å². The van der Waals surface area contributed by atoms with E-state index >= 15 is 0 Å². The molecule has 0 saturated carbocycles. The fraction of sp³-hybridized carbons (Fsp3) is 0.261. The van der Waals surface area contributed by atoms with Gasteiger partial charge < -0.3 is 10.2 Å². The molecule has 29 heavy (non-hydrogen) atoms. The first kappa shape index (κ1) is 20.7. The Hall–Kier alpha value is -2.99. The van der Waals surface area contributed by atoms with Gasteiger partial charge in [-0.05, 0) is 62.2 Å². The number of anilines is 1. The van der Waals surface area contributed by atoms with Crippen LogP contribution in [0.4, 0.5) is 5.69 Å². The molecule has 2 N–H and O–H groups in total. The van der Waals surface area contributed by atoms with E-state index in [0.29, 0.717) is 11.3 Å². The van der Waals surface area contributed by atoms with Gasteiger partial charge in [-0.15, -0.1) is 0 Å². The number of aryl methyl sites for hydroxylation is 1. The van der Waals surface area contributed by atoms with E-state index < -0.39 is 0 Å². The zero-order valence-corrected chi connectivity index (χ0v) is 17.3. The lowest BCUT2D eigenvalue weighted by Crippen LogP contribution is -2.37. The number of carbonyl (C=O) groups is 2. The minimum absolute atomic E-state index is 0.0128. The largest absolute Gasteiger partial charge is 0.339 e. The van der Waals surface area contributed by atoms with Crippen LogP contribution in [0, 0.1) is 6.92 Å². The van der Waals surface area contributed by atoms with Crippen LogP contribution in [0.15, 0.2) is 54.6 Å². The van der Waals surface area contributed by atoms with Gasteiger partial charge in [-0.25, -0.2) is 0 Å². The van der Waals surface area contributed by atoms with E-state index in [-0.39, 0.29) is 16.9 Å². The first-order valence-corrected chi connectivity index (χ1v) is 10.2. The van der Waals surface area contributed by atoms with Crippen LogP contribution in [0.2, 0.25) is 0 Å². The summed E-state index contributed by atoms with van der Waals surface area (Å²) in [5.74, 6) is -0.343. The van der Waals surface area contributed by atoms with Gasteiger partial charge in [-0.2, -0.15) is 0 Å². The minimum Gasteiger partial charge on any atom is -0.339 e. The highest BCUT2D eigenvalue weighted by Gasteiger charge is 2.20. The van der Waals surface area contributed by atoms with Crippen LogP contribution in [0.5, 0.6) is 0 Å². The molecule has 0 spiro atoms. The molecule has 1 fully saturated rings. The summed E-state index contributed by atoms with van der Waals surface area (Å²) in [4.78, 5) is 26.9. The smallest absolute Gasteiger partial charge is 0.255 e. The predicted molar refractivity (Wildman–Crippen MR) is 121 cm³/mol. The number of nitrogens with one attached hydrogen (secondary N) is 2. The molecule has 0 unspecified atom stereocenters. The number of benzene rings is 2. The zero-order chi connectivity index (χ0) is 20.6. The Bertz CT molecular complexity index is 916. The van der Waals surface area contributed by atoms with Crippen molar-refractivity contribution in [2.75, 3.05) is 18.4 Å². The SMILES string of the molecule is Cc1ccc(/C=C/C(=O)NC(=S)Nc2ccccc2C(=O)N2CCCCC2)cc1. The number of rotatable bonds is 4. The van der Waals surface area contributed by atoms with Gasteiger partial charge in [0.25, 0.3) is 5.91 Å². The van der Waals surface area contributed by atoms with Crippen molar-refractivity contribution in [1.29, 1.82) is 0 Å². The van der Waals surface area contributed by atoms with Gasteiger partial charge in [0, 0.05) is 19.2 Å². The number of carbonyl (C=O) groups excluding carboxylic acids is 2. The maximum atomic E-state index is 12.9. The third kappa shape index (κ3) is 5.99. The molecule has 2 aromatic carbocycles. The highest BCUT2D eigenvalue weighted by atomic mass is 32.1. The number of para-hydroxylation sites is 1. The van der Waals surface area contributed by atoms with Crippen LogP contribution < -0.4 is 10.6 Å². The molecule has 0 aromatic heterocycles. The summed E-state index contributed by atoms with van der Waals surface area (Å²) in [6, 6.07) is 15.1. The topological polar surface area (TPSA) is 61.4 Å². The second kappa shape index (κ2) is 9.98. The Morgan fingerprint density at radius 3 is 2.41 bits per heavy atom. The molecule has 6 heteroatoms. The number of thiocarbonyl (C=S) groups is 1. The summed E-state index contributed by atoms with van der Waals surface area (Å²) in [5, 5.41) is 5.77. The van der Waals surface area contributed by atoms with Gasteiger partial charge in [-0.1, -0.05) is 42.0 Å². The lowest BCUT2D eigenvalue weighted by atomic mass is 10.1. The molecule has 5 nitrogen and oxygen atoms in total. The maximum absolute atomic E-state index is 12.9. The Morgan fingerprint density at radius 1 is 1.00 bits per heavy atom. The van der Waals surface area contributed by atoms with Crippen LogP contribution in [-0.4, -0.2) is 34.9 Å². The van der Waals surface area contributed by atoms with Gasteiger partial charge in [0.1, 0.15) is 0 Å². The molecular formula is C23H25N3O2S. The summed E-state index contributed by atoms with van der Waals surface area (Å²) < 4.78 is 0. The fourth-order valence-corrected chi connectivity index (χ4v) is 3.41. The third-order valence-corrected chi connectivity index (χ3v) is 4.99. The summed E-state index contributed by atoms with van der Waals surface area (Å²) in [6.45, 7) is 3.56. The van der Waals surface area contributed by atoms with E-state index in [2.05, 4.69) is 10.6 Å². The van der Waals surface area contributed by atoms with Crippen molar-refractivity contribution in [2.24, 2.45) is 0 Å². The van der Waals surface area contributed by atoms with Gasteiger partial charge in [0.15, 0.2) is 5.11 Å². The molecule has 0 bridgehead atoms. The Kier molecular flexibility index (Phi) is 7.14. The predicted octanol–water partition coefficient (Wildman–Crippen LogP) is 4.15. The lowest BCUT2D eigenvalue weighted by Gasteiger charge is -2.27. The van der Waals surface area contributed by atoms with E-state index in [9.17, 15) is 9.59 Å². The highest BCUT2D eigenvalue weighted by Crippen LogP contribution is 2.20. The monoisotopic (exact) mass is 407 g/mol. The van der Waals surface area contributed by atoms with E-state index in [1.807, 2.05) is 48.2 Å². The summed E-state index contributed by atoms with van der Waals surface area (Å²) in [7, 11) is 0. The lowest BCUT2D eigenvalue weighted by molar-refractivity contribution is -0.115. The zero-order valence-electron chi connectivity index (χ0n) is 16.5. The first-order chi connectivity index (χ1) is 14.0. The van der Waals surface area contributed by atoms with Crippen molar-refractivity contribution in [3.63, 3.8) is 0 Å². The van der Waals surface area contributed by atoms with E-state index in [0.717, 1.165) is 43.5 Å². The number of amides is 2. The molecule has 150 valence electrons. The number of piperidine rings is 1. The van der Waals surface area contributed by atoms with Crippen molar-refractivity contribution in [3.05, 3.63) is 71.3 Å². The summed E-state index contributed by atoms with van der Waals surface area (Å²) in [6.07, 6.45) is 6.39. The highest BCUT2D eigenvalue weighted by molar-refractivity contribution is 7.80. The third-order valence-electron chi connectivity index (χ3n) is 4.79. The Balaban J connectivity index is 1.61.